The third-order valence-electron chi connectivity index (χ3n) is 7.10. The van der Waals surface area contributed by atoms with Crippen LogP contribution in [-0.4, -0.2) is 24.8 Å². The van der Waals surface area contributed by atoms with E-state index in [1.54, 1.807) is 43.5 Å². The Labute approximate surface area is 210 Å². The second-order valence-corrected chi connectivity index (χ2v) is 9.27. The zero-order chi connectivity index (χ0) is 25.1. The van der Waals surface area contributed by atoms with Crippen LogP contribution in [0.15, 0.2) is 66.7 Å². The minimum atomic E-state index is -1.63. The molecule has 182 valence electrons. The van der Waals surface area contributed by atoms with Gasteiger partial charge >= 0.3 is 0 Å². The Hall–Kier alpha value is -4.11. The summed E-state index contributed by atoms with van der Waals surface area (Å²) in [6.45, 7) is 0.339. The Kier molecular flexibility index (Phi) is 6.47. The smallest absolute Gasteiger partial charge is 0.183 e. The maximum atomic E-state index is 13.9. The molecule has 0 aromatic heterocycles. The first-order chi connectivity index (χ1) is 17.6. The number of nitrogens with zero attached hydrogens (tertiary/aromatic N) is 1. The summed E-state index contributed by atoms with van der Waals surface area (Å²) in [5.74, 6) is 0.737. The van der Waals surface area contributed by atoms with Crippen molar-refractivity contribution in [3.05, 3.63) is 89.0 Å². The highest BCUT2D eigenvalue weighted by atomic mass is 16.5. The summed E-state index contributed by atoms with van der Waals surface area (Å²) in [7, 11) is 1.56. The highest BCUT2D eigenvalue weighted by molar-refractivity contribution is 6.33. The number of methoxy groups -OCH3 is 1. The Balaban J connectivity index is 1.49. The molecular formula is C30H27NO5. The summed E-state index contributed by atoms with van der Waals surface area (Å²) >= 11 is 0. The monoisotopic (exact) mass is 481 g/mol. The SMILES string of the molecule is COc1ccc(C2(CC#N)C(=O)c3ccc(OCc4ccccc4)cc3C2=O)cc1OC1CCCC1. The zero-order valence-corrected chi connectivity index (χ0v) is 20.2. The Bertz CT molecular complexity index is 1340. The van der Waals surface area contributed by atoms with Gasteiger partial charge in [0.1, 0.15) is 17.8 Å². The van der Waals surface area contributed by atoms with Crippen LogP contribution in [0.2, 0.25) is 0 Å². The van der Waals surface area contributed by atoms with Gasteiger partial charge in [0, 0.05) is 11.1 Å². The highest BCUT2D eigenvalue weighted by Crippen LogP contribution is 2.45. The fourth-order valence-electron chi connectivity index (χ4n) is 5.17. The second kappa shape index (κ2) is 9.87. The van der Waals surface area contributed by atoms with Crippen molar-refractivity contribution in [2.45, 2.75) is 50.2 Å². The fourth-order valence-corrected chi connectivity index (χ4v) is 5.17. The lowest BCUT2D eigenvalue weighted by Gasteiger charge is -2.25. The normalized spacial score (nSPS) is 19.1. The largest absolute Gasteiger partial charge is 0.493 e. The first-order valence-corrected chi connectivity index (χ1v) is 12.2. The highest BCUT2D eigenvalue weighted by Gasteiger charge is 2.54. The van der Waals surface area contributed by atoms with Gasteiger partial charge in [0.25, 0.3) is 0 Å². The molecule has 1 atom stereocenters. The van der Waals surface area contributed by atoms with Gasteiger partial charge in [-0.3, -0.25) is 9.59 Å². The number of carbonyl (C=O) groups excluding carboxylic acids is 2. The number of ether oxygens (including phenoxy) is 3. The van der Waals surface area contributed by atoms with Crippen molar-refractivity contribution in [3.8, 4) is 23.3 Å². The minimum absolute atomic E-state index is 0.0672. The summed E-state index contributed by atoms with van der Waals surface area (Å²) in [5, 5.41) is 9.70. The molecule has 0 heterocycles. The standard InChI is InChI=1S/C30H27NO5/c1-34-26-14-11-21(17-27(26)36-22-9-5-6-10-22)30(15-16-31)28(32)24-13-12-23(18-25(24)29(30)33)35-19-20-7-3-2-4-8-20/h2-4,7-8,11-14,17-18,22H,5-6,9-10,15,19H2,1H3. The van der Waals surface area contributed by atoms with E-state index in [9.17, 15) is 14.9 Å². The molecule has 0 saturated heterocycles. The summed E-state index contributed by atoms with van der Waals surface area (Å²) in [6.07, 6.45) is 3.90. The number of rotatable bonds is 8. The summed E-state index contributed by atoms with van der Waals surface area (Å²) in [5.41, 5.74) is 0.379. The number of Topliss-reactive ketones (excluding diaryl/α,β-unsaturated/α-hetero) is 2. The van der Waals surface area contributed by atoms with Crippen LogP contribution in [0.25, 0.3) is 0 Å². The number of carbonyl (C=O) groups is 2. The predicted octanol–water partition coefficient (Wildman–Crippen LogP) is 5.83. The van der Waals surface area contributed by atoms with E-state index in [0.29, 0.717) is 35.0 Å². The van der Waals surface area contributed by atoms with E-state index in [1.807, 2.05) is 30.3 Å². The number of fused-ring (bicyclic) bond motifs is 1. The molecule has 2 aliphatic carbocycles. The molecule has 3 aromatic rings. The molecule has 3 aromatic carbocycles. The van der Waals surface area contributed by atoms with Crippen LogP contribution < -0.4 is 14.2 Å². The number of hydrogen-bond donors (Lipinski definition) is 0. The summed E-state index contributed by atoms with van der Waals surface area (Å²) in [6, 6.07) is 21.8. The molecule has 0 radical (unpaired) electrons. The fraction of sp³-hybridized carbons (Fsp3) is 0.300. The van der Waals surface area contributed by atoms with Crippen molar-refractivity contribution in [2.75, 3.05) is 7.11 Å². The van der Waals surface area contributed by atoms with Crippen LogP contribution >= 0.6 is 0 Å². The Morgan fingerprint density at radius 1 is 0.917 bits per heavy atom. The van der Waals surface area contributed by atoms with E-state index in [4.69, 9.17) is 14.2 Å². The molecule has 0 amide bonds. The predicted molar refractivity (Wildman–Crippen MR) is 134 cm³/mol. The molecule has 1 fully saturated rings. The minimum Gasteiger partial charge on any atom is -0.493 e. The summed E-state index contributed by atoms with van der Waals surface area (Å²) in [4.78, 5) is 27.6. The lowest BCUT2D eigenvalue weighted by molar-refractivity contribution is 0.0796. The van der Waals surface area contributed by atoms with Crippen LogP contribution in [0.1, 0.15) is 63.9 Å². The topological polar surface area (TPSA) is 85.6 Å². The third kappa shape index (κ3) is 4.11. The van der Waals surface area contributed by atoms with Gasteiger partial charge in [0.15, 0.2) is 23.1 Å². The molecule has 0 bridgehead atoms. The van der Waals surface area contributed by atoms with Crippen molar-refractivity contribution in [2.24, 2.45) is 0 Å². The van der Waals surface area contributed by atoms with Crippen molar-refractivity contribution >= 4 is 11.6 Å². The Morgan fingerprint density at radius 2 is 1.67 bits per heavy atom. The van der Waals surface area contributed by atoms with Crippen molar-refractivity contribution in [1.82, 2.24) is 0 Å². The van der Waals surface area contributed by atoms with E-state index in [-0.39, 0.29) is 23.9 Å². The van der Waals surface area contributed by atoms with Crippen LogP contribution in [0, 0.1) is 11.3 Å². The molecule has 6 nitrogen and oxygen atoms in total. The first-order valence-electron chi connectivity index (χ1n) is 12.2. The molecule has 0 spiro atoms. The number of ketones is 2. The van der Waals surface area contributed by atoms with E-state index in [1.165, 1.54) is 0 Å². The molecule has 0 N–H and O–H groups in total. The van der Waals surface area contributed by atoms with Gasteiger partial charge in [-0.1, -0.05) is 36.4 Å². The molecular weight excluding hydrogens is 454 g/mol. The molecule has 1 unspecified atom stereocenters. The van der Waals surface area contributed by atoms with Crippen LogP contribution in [0.4, 0.5) is 0 Å². The van der Waals surface area contributed by atoms with Crippen molar-refractivity contribution in [1.29, 1.82) is 5.26 Å². The number of hydrogen-bond acceptors (Lipinski definition) is 6. The summed E-state index contributed by atoms with van der Waals surface area (Å²) < 4.78 is 17.6. The van der Waals surface area contributed by atoms with Gasteiger partial charge in [-0.15, -0.1) is 0 Å². The van der Waals surface area contributed by atoms with Gasteiger partial charge in [0.05, 0.1) is 25.7 Å². The maximum Gasteiger partial charge on any atom is 0.183 e. The van der Waals surface area contributed by atoms with Crippen molar-refractivity contribution in [3.63, 3.8) is 0 Å². The van der Waals surface area contributed by atoms with Gasteiger partial charge in [-0.25, -0.2) is 0 Å². The van der Waals surface area contributed by atoms with Crippen LogP contribution in [0.3, 0.4) is 0 Å². The molecule has 1 saturated carbocycles. The van der Waals surface area contributed by atoms with E-state index >= 15 is 0 Å². The Morgan fingerprint density at radius 3 is 2.39 bits per heavy atom. The van der Waals surface area contributed by atoms with Gasteiger partial charge in [0.2, 0.25) is 0 Å². The van der Waals surface area contributed by atoms with E-state index in [2.05, 4.69) is 6.07 Å². The molecule has 0 aliphatic heterocycles. The number of benzene rings is 3. The van der Waals surface area contributed by atoms with Gasteiger partial charge < -0.3 is 14.2 Å². The van der Waals surface area contributed by atoms with E-state index < -0.39 is 11.2 Å². The van der Waals surface area contributed by atoms with Crippen LogP contribution in [0.5, 0.6) is 17.2 Å². The van der Waals surface area contributed by atoms with Crippen molar-refractivity contribution < 1.29 is 23.8 Å². The van der Waals surface area contributed by atoms with Gasteiger partial charge in [-0.05, 0) is 67.1 Å². The van der Waals surface area contributed by atoms with Gasteiger partial charge in [-0.2, -0.15) is 5.26 Å². The average molecular weight is 482 g/mol. The lowest BCUT2D eigenvalue weighted by Crippen LogP contribution is -2.38. The molecule has 6 heteroatoms. The molecule has 36 heavy (non-hydrogen) atoms. The maximum absolute atomic E-state index is 13.9. The lowest BCUT2D eigenvalue weighted by atomic mass is 9.73. The quantitative estimate of drug-likeness (QED) is 0.377. The first kappa shape index (κ1) is 23.6. The van der Waals surface area contributed by atoms with Crippen LogP contribution in [-0.2, 0) is 12.0 Å². The molecule has 2 aliphatic rings. The number of nitriles is 1. The zero-order valence-electron chi connectivity index (χ0n) is 20.2. The third-order valence-corrected chi connectivity index (χ3v) is 7.10. The van der Waals surface area contributed by atoms with E-state index in [0.717, 1.165) is 31.2 Å². The second-order valence-electron chi connectivity index (χ2n) is 9.27. The average Bonchev–Trinajstić information content (AvgIpc) is 3.50. The molecule has 5 rings (SSSR count).